The van der Waals surface area contributed by atoms with Crippen molar-refractivity contribution >= 4 is 23.2 Å². The summed E-state index contributed by atoms with van der Waals surface area (Å²) in [5.74, 6) is 1.23. The first-order valence-corrected chi connectivity index (χ1v) is 5.71. The number of benzene rings is 1. The lowest BCUT2D eigenvalue weighted by molar-refractivity contribution is 0.403. The normalized spacial score (nSPS) is 12.5. The van der Waals surface area contributed by atoms with E-state index in [9.17, 15) is 0 Å². The standard InChI is InChI=1S/C12H11Cl2NO2/c1-16-9-3-2-7(13)6-8(9)12(15)10-4-5-11(14)17-10/h2-6,12H,15H2,1H3. The highest BCUT2D eigenvalue weighted by Gasteiger charge is 2.17. The summed E-state index contributed by atoms with van der Waals surface area (Å²) >= 11 is 11.7. The van der Waals surface area contributed by atoms with Crippen molar-refractivity contribution in [3.63, 3.8) is 0 Å². The summed E-state index contributed by atoms with van der Waals surface area (Å²) in [7, 11) is 1.58. The summed E-state index contributed by atoms with van der Waals surface area (Å²) < 4.78 is 10.5. The molecule has 3 nitrogen and oxygen atoms in total. The molecule has 17 heavy (non-hydrogen) atoms. The Kier molecular flexibility index (Phi) is 3.62. The lowest BCUT2D eigenvalue weighted by Gasteiger charge is -2.14. The Labute approximate surface area is 109 Å². The second kappa shape index (κ2) is 5.00. The fourth-order valence-electron chi connectivity index (χ4n) is 1.60. The van der Waals surface area contributed by atoms with E-state index in [2.05, 4.69) is 0 Å². The van der Waals surface area contributed by atoms with Gasteiger partial charge in [-0.2, -0.15) is 0 Å². The summed E-state index contributed by atoms with van der Waals surface area (Å²) in [6.45, 7) is 0. The fourth-order valence-corrected chi connectivity index (χ4v) is 1.93. The van der Waals surface area contributed by atoms with Crippen molar-refractivity contribution in [3.05, 3.63) is 51.9 Å². The molecule has 0 spiro atoms. The molecule has 0 amide bonds. The van der Waals surface area contributed by atoms with Crippen LogP contribution >= 0.6 is 23.2 Å². The predicted octanol–water partition coefficient (Wildman–Crippen LogP) is 3.64. The molecule has 0 saturated carbocycles. The zero-order chi connectivity index (χ0) is 12.4. The summed E-state index contributed by atoms with van der Waals surface area (Å²) in [6.07, 6.45) is 0. The molecule has 1 atom stereocenters. The van der Waals surface area contributed by atoms with Gasteiger partial charge in [-0.05, 0) is 41.9 Å². The molecule has 90 valence electrons. The van der Waals surface area contributed by atoms with Gasteiger partial charge in [0.15, 0.2) is 5.22 Å². The van der Waals surface area contributed by atoms with Crippen molar-refractivity contribution < 1.29 is 9.15 Å². The highest BCUT2D eigenvalue weighted by Crippen LogP contribution is 2.32. The molecule has 0 saturated heterocycles. The zero-order valence-corrected chi connectivity index (χ0v) is 10.6. The number of furan rings is 1. The van der Waals surface area contributed by atoms with Crippen LogP contribution < -0.4 is 10.5 Å². The molecule has 1 unspecified atom stereocenters. The molecule has 1 aromatic heterocycles. The molecule has 5 heteroatoms. The van der Waals surface area contributed by atoms with Crippen molar-refractivity contribution in [2.45, 2.75) is 6.04 Å². The van der Waals surface area contributed by atoms with Crippen molar-refractivity contribution in [2.75, 3.05) is 7.11 Å². The first-order valence-electron chi connectivity index (χ1n) is 4.96. The third kappa shape index (κ3) is 2.57. The number of halogens is 2. The van der Waals surface area contributed by atoms with E-state index < -0.39 is 6.04 Å². The van der Waals surface area contributed by atoms with Gasteiger partial charge in [0.2, 0.25) is 0 Å². The van der Waals surface area contributed by atoms with E-state index in [4.69, 9.17) is 38.1 Å². The summed E-state index contributed by atoms with van der Waals surface area (Å²) in [5.41, 5.74) is 6.84. The Bertz CT molecular complexity index is 525. The van der Waals surface area contributed by atoms with Crippen LogP contribution in [0.5, 0.6) is 5.75 Å². The smallest absolute Gasteiger partial charge is 0.193 e. The maximum Gasteiger partial charge on any atom is 0.193 e. The lowest BCUT2D eigenvalue weighted by Crippen LogP contribution is -2.12. The number of rotatable bonds is 3. The van der Waals surface area contributed by atoms with E-state index in [-0.39, 0.29) is 0 Å². The largest absolute Gasteiger partial charge is 0.496 e. The second-order valence-electron chi connectivity index (χ2n) is 3.51. The van der Waals surface area contributed by atoms with Gasteiger partial charge < -0.3 is 14.9 Å². The minimum absolute atomic E-state index is 0.302. The molecule has 0 radical (unpaired) electrons. The van der Waals surface area contributed by atoms with Gasteiger partial charge in [-0.1, -0.05) is 11.6 Å². The van der Waals surface area contributed by atoms with Crippen LogP contribution in [-0.4, -0.2) is 7.11 Å². The molecule has 0 aliphatic carbocycles. The molecular formula is C12H11Cl2NO2. The zero-order valence-electron chi connectivity index (χ0n) is 9.11. The third-order valence-electron chi connectivity index (χ3n) is 2.43. The Morgan fingerprint density at radius 3 is 2.59 bits per heavy atom. The predicted molar refractivity (Wildman–Crippen MR) is 67.8 cm³/mol. The molecular weight excluding hydrogens is 261 g/mol. The minimum atomic E-state index is -0.462. The lowest BCUT2D eigenvalue weighted by atomic mass is 10.0. The van der Waals surface area contributed by atoms with Gasteiger partial charge in [-0.25, -0.2) is 0 Å². The maximum absolute atomic E-state index is 6.08. The van der Waals surface area contributed by atoms with Crippen molar-refractivity contribution in [1.82, 2.24) is 0 Å². The monoisotopic (exact) mass is 271 g/mol. The van der Waals surface area contributed by atoms with Crippen LogP contribution in [0.15, 0.2) is 34.7 Å². The first-order chi connectivity index (χ1) is 8.11. The molecule has 0 aliphatic rings. The van der Waals surface area contributed by atoms with Crippen LogP contribution in [0, 0.1) is 0 Å². The number of ether oxygens (including phenoxy) is 1. The highest BCUT2D eigenvalue weighted by atomic mass is 35.5. The molecule has 0 bridgehead atoms. The highest BCUT2D eigenvalue weighted by molar-refractivity contribution is 6.30. The van der Waals surface area contributed by atoms with Gasteiger partial charge in [0.1, 0.15) is 11.5 Å². The van der Waals surface area contributed by atoms with Crippen LogP contribution in [0.25, 0.3) is 0 Å². The van der Waals surface area contributed by atoms with E-state index in [1.807, 2.05) is 0 Å². The van der Waals surface area contributed by atoms with E-state index in [0.29, 0.717) is 21.8 Å². The van der Waals surface area contributed by atoms with Crippen molar-refractivity contribution in [1.29, 1.82) is 0 Å². The van der Waals surface area contributed by atoms with Gasteiger partial charge in [-0.15, -0.1) is 0 Å². The molecule has 1 heterocycles. The van der Waals surface area contributed by atoms with Crippen LogP contribution in [0.1, 0.15) is 17.4 Å². The minimum Gasteiger partial charge on any atom is -0.496 e. The summed E-state index contributed by atoms with van der Waals surface area (Å²) in [5, 5.41) is 0.894. The Morgan fingerprint density at radius 2 is 2.00 bits per heavy atom. The molecule has 2 N–H and O–H groups in total. The van der Waals surface area contributed by atoms with E-state index in [1.54, 1.807) is 37.4 Å². The Hall–Kier alpha value is -1.16. The number of nitrogens with two attached hydrogens (primary N) is 1. The van der Waals surface area contributed by atoms with Crippen LogP contribution in [0.3, 0.4) is 0 Å². The van der Waals surface area contributed by atoms with E-state index >= 15 is 0 Å². The van der Waals surface area contributed by atoms with Gasteiger partial charge in [0.05, 0.1) is 13.2 Å². The van der Waals surface area contributed by atoms with Crippen LogP contribution in [-0.2, 0) is 0 Å². The summed E-state index contributed by atoms with van der Waals surface area (Å²) in [4.78, 5) is 0. The van der Waals surface area contributed by atoms with Gasteiger partial charge in [0.25, 0.3) is 0 Å². The number of methoxy groups -OCH3 is 1. The fraction of sp³-hybridized carbons (Fsp3) is 0.167. The van der Waals surface area contributed by atoms with Gasteiger partial charge in [-0.3, -0.25) is 0 Å². The SMILES string of the molecule is COc1ccc(Cl)cc1C(N)c1ccc(Cl)o1. The van der Waals surface area contributed by atoms with E-state index in [1.165, 1.54) is 0 Å². The second-order valence-corrected chi connectivity index (χ2v) is 4.31. The number of hydrogen-bond acceptors (Lipinski definition) is 3. The summed E-state index contributed by atoms with van der Waals surface area (Å²) in [6, 6.07) is 8.17. The van der Waals surface area contributed by atoms with E-state index in [0.717, 1.165) is 5.56 Å². The molecule has 0 fully saturated rings. The van der Waals surface area contributed by atoms with Crippen LogP contribution in [0.4, 0.5) is 0 Å². The van der Waals surface area contributed by atoms with Crippen molar-refractivity contribution in [2.24, 2.45) is 5.73 Å². The molecule has 2 rings (SSSR count). The third-order valence-corrected chi connectivity index (χ3v) is 2.87. The Balaban J connectivity index is 2.42. The molecule has 1 aromatic carbocycles. The average molecular weight is 272 g/mol. The average Bonchev–Trinajstić information content (AvgIpc) is 2.75. The molecule has 0 aliphatic heterocycles. The maximum atomic E-state index is 6.08. The topological polar surface area (TPSA) is 48.4 Å². The quantitative estimate of drug-likeness (QED) is 0.927. The number of hydrogen-bond donors (Lipinski definition) is 1. The van der Waals surface area contributed by atoms with Crippen LogP contribution in [0.2, 0.25) is 10.2 Å². The van der Waals surface area contributed by atoms with Gasteiger partial charge in [0, 0.05) is 10.6 Å². The van der Waals surface area contributed by atoms with Crippen molar-refractivity contribution in [3.8, 4) is 5.75 Å². The Morgan fingerprint density at radius 1 is 1.24 bits per heavy atom. The van der Waals surface area contributed by atoms with Gasteiger partial charge >= 0.3 is 0 Å². The molecule has 2 aromatic rings. The first kappa shape index (κ1) is 12.3.